The van der Waals surface area contributed by atoms with Crippen molar-refractivity contribution >= 4 is 44.8 Å². The Labute approximate surface area is 213 Å². The zero-order chi connectivity index (χ0) is 25.4. The molecule has 0 bridgehead atoms. The van der Waals surface area contributed by atoms with E-state index in [1.54, 1.807) is 12.3 Å². The lowest BCUT2D eigenvalue weighted by Gasteiger charge is -2.10. The minimum Gasteiger partial charge on any atom is -0.451 e. The quantitative estimate of drug-likeness (QED) is 0.224. The summed E-state index contributed by atoms with van der Waals surface area (Å²) in [5.41, 5.74) is 7.79. The van der Waals surface area contributed by atoms with Gasteiger partial charge in [0.05, 0.1) is 17.8 Å². The molecule has 0 aliphatic carbocycles. The molecular formula is C31H22N4O2. The number of carbonyl (C=O) groups excluding carboxylic acids is 1. The Bertz CT molecular complexity index is 1880. The number of amides is 1. The Morgan fingerprint density at radius 3 is 2.59 bits per heavy atom. The third kappa shape index (κ3) is 3.93. The van der Waals surface area contributed by atoms with Gasteiger partial charge in [0.2, 0.25) is 0 Å². The third-order valence-corrected chi connectivity index (χ3v) is 6.76. The fraction of sp³-hybridized carbons (Fsp3) is 0.0645. The molecule has 178 valence electrons. The van der Waals surface area contributed by atoms with Crippen LogP contribution in [0.25, 0.3) is 32.6 Å². The van der Waals surface area contributed by atoms with Crippen LogP contribution in [-0.4, -0.2) is 16.7 Å². The van der Waals surface area contributed by atoms with Gasteiger partial charge in [0, 0.05) is 34.1 Å². The van der Waals surface area contributed by atoms with Gasteiger partial charge in [-0.15, -0.1) is 0 Å². The molecule has 0 unspecified atom stereocenters. The third-order valence-electron chi connectivity index (χ3n) is 6.76. The van der Waals surface area contributed by atoms with Crippen LogP contribution in [-0.2, 0) is 6.54 Å². The molecule has 0 saturated heterocycles. The summed E-state index contributed by atoms with van der Waals surface area (Å²) in [6.45, 7) is 2.58. The van der Waals surface area contributed by atoms with Gasteiger partial charge < -0.3 is 8.98 Å². The Morgan fingerprint density at radius 1 is 0.973 bits per heavy atom. The summed E-state index contributed by atoms with van der Waals surface area (Å²) in [5, 5.41) is 17.8. The van der Waals surface area contributed by atoms with Gasteiger partial charge in [-0.3, -0.25) is 4.79 Å². The standard InChI is InChI=1S/C31H22N4O2/c1-20-27(25-12-6-7-13-28(25)35(20)19-23-10-3-2-9-22(23)17-32)18-33-34-31(36)30-16-26-24-11-5-4-8-21(24)14-15-29(26)37-30/h2-16,18H,19H2,1H3,(H,34,36)/b33-18-. The number of benzene rings is 4. The number of carbonyl (C=O) groups is 1. The molecule has 4 aromatic carbocycles. The van der Waals surface area contributed by atoms with E-state index >= 15 is 0 Å². The summed E-state index contributed by atoms with van der Waals surface area (Å²) < 4.78 is 7.98. The summed E-state index contributed by atoms with van der Waals surface area (Å²) in [4.78, 5) is 12.9. The minimum absolute atomic E-state index is 0.204. The molecular weight excluding hydrogens is 460 g/mol. The van der Waals surface area contributed by atoms with E-state index in [1.165, 1.54) is 0 Å². The number of rotatable bonds is 5. The monoisotopic (exact) mass is 482 g/mol. The lowest BCUT2D eigenvalue weighted by molar-refractivity contribution is 0.0929. The van der Waals surface area contributed by atoms with Crippen LogP contribution in [0.15, 0.2) is 101 Å². The predicted octanol–water partition coefficient (Wildman–Crippen LogP) is 6.53. The summed E-state index contributed by atoms with van der Waals surface area (Å²) in [6, 6.07) is 31.5. The molecule has 2 aromatic heterocycles. The van der Waals surface area contributed by atoms with Crippen LogP contribution in [0, 0.1) is 18.3 Å². The molecule has 0 spiro atoms. The van der Waals surface area contributed by atoms with Crippen LogP contribution in [0.2, 0.25) is 0 Å². The van der Waals surface area contributed by atoms with E-state index in [4.69, 9.17) is 4.42 Å². The van der Waals surface area contributed by atoms with Gasteiger partial charge in [-0.05, 0) is 47.5 Å². The topological polar surface area (TPSA) is 83.3 Å². The normalized spacial score (nSPS) is 11.5. The van der Waals surface area contributed by atoms with Crippen molar-refractivity contribution < 1.29 is 9.21 Å². The van der Waals surface area contributed by atoms with E-state index in [-0.39, 0.29) is 5.76 Å². The van der Waals surface area contributed by atoms with Crippen LogP contribution in [0.4, 0.5) is 0 Å². The Morgan fingerprint density at radius 2 is 1.73 bits per heavy atom. The summed E-state index contributed by atoms with van der Waals surface area (Å²) in [5.74, 6) is -0.211. The van der Waals surface area contributed by atoms with Crippen molar-refractivity contribution in [3.63, 3.8) is 0 Å². The first-order valence-electron chi connectivity index (χ1n) is 11.9. The summed E-state index contributed by atoms with van der Waals surface area (Å²) in [7, 11) is 0. The smallest absolute Gasteiger partial charge is 0.307 e. The molecule has 0 aliphatic heterocycles. The summed E-state index contributed by atoms with van der Waals surface area (Å²) in [6.07, 6.45) is 1.67. The zero-order valence-corrected chi connectivity index (χ0v) is 20.1. The highest BCUT2D eigenvalue weighted by molar-refractivity contribution is 6.08. The lowest BCUT2D eigenvalue weighted by atomic mass is 10.1. The highest BCUT2D eigenvalue weighted by atomic mass is 16.3. The molecule has 6 aromatic rings. The number of para-hydroxylation sites is 1. The predicted molar refractivity (Wildman–Crippen MR) is 146 cm³/mol. The van der Waals surface area contributed by atoms with Crippen LogP contribution >= 0.6 is 0 Å². The molecule has 6 rings (SSSR count). The SMILES string of the molecule is Cc1c(/C=N\NC(=O)c2cc3c(ccc4ccccc43)o2)c2ccccc2n1Cc1ccccc1C#N. The van der Waals surface area contributed by atoms with E-state index in [0.29, 0.717) is 17.7 Å². The average Bonchev–Trinajstić information content (AvgIpc) is 3.49. The van der Waals surface area contributed by atoms with Crippen LogP contribution in [0.5, 0.6) is 0 Å². The van der Waals surface area contributed by atoms with Crippen molar-refractivity contribution in [3.8, 4) is 6.07 Å². The first-order valence-corrected chi connectivity index (χ1v) is 11.9. The molecule has 6 heteroatoms. The van der Waals surface area contributed by atoms with Gasteiger partial charge in [-0.25, -0.2) is 5.43 Å². The number of hydrazone groups is 1. The van der Waals surface area contributed by atoms with Gasteiger partial charge in [0.1, 0.15) is 5.58 Å². The highest BCUT2D eigenvalue weighted by Gasteiger charge is 2.16. The number of nitriles is 1. The molecule has 0 radical (unpaired) electrons. The van der Waals surface area contributed by atoms with Crippen molar-refractivity contribution in [2.24, 2.45) is 5.10 Å². The molecule has 0 atom stereocenters. The second-order valence-corrected chi connectivity index (χ2v) is 8.88. The maximum atomic E-state index is 12.9. The first-order chi connectivity index (χ1) is 18.1. The average molecular weight is 483 g/mol. The van der Waals surface area contributed by atoms with Gasteiger partial charge >= 0.3 is 5.91 Å². The van der Waals surface area contributed by atoms with Gasteiger partial charge in [-0.2, -0.15) is 10.4 Å². The number of hydrogen-bond acceptors (Lipinski definition) is 4. The second kappa shape index (κ2) is 9.14. The molecule has 1 N–H and O–H groups in total. The maximum Gasteiger partial charge on any atom is 0.307 e. The van der Waals surface area contributed by atoms with Crippen molar-refractivity contribution in [1.29, 1.82) is 5.26 Å². The zero-order valence-electron chi connectivity index (χ0n) is 20.1. The van der Waals surface area contributed by atoms with Crippen LogP contribution < -0.4 is 5.43 Å². The minimum atomic E-state index is -0.416. The summed E-state index contributed by atoms with van der Waals surface area (Å²) >= 11 is 0. The Balaban J connectivity index is 1.30. The number of furan rings is 1. The van der Waals surface area contributed by atoms with Crippen molar-refractivity contribution in [2.45, 2.75) is 13.5 Å². The number of aromatic nitrogens is 1. The van der Waals surface area contributed by atoms with Crippen molar-refractivity contribution in [2.75, 3.05) is 0 Å². The fourth-order valence-corrected chi connectivity index (χ4v) is 4.88. The van der Waals surface area contributed by atoms with Gasteiger partial charge in [0.15, 0.2) is 5.76 Å². The van der Waals surface area contributed by atoms with E-state index in [2.05, 4.69) is 21.2 Å². The molecule has 0 saturated carbocycles. The molecule has 37 heavy (non-hydrogen) atoms. The molecule has 0 fully saturated rings. The maximum absolute atomic E-state index is 12.9. The number of nitrogens with one attached hydrogen (secondary N) is 1. The number of nitrogens with zero attached hydrogens (tertiary/aromatic N) is 3. The molecule has 2 heterocycles. The first kappa shape index (κ1) is 22.3. The van der Waals surface area contributed by atoms with Gasteiger partial charge in [-0.1, -0.05) is 66.7 Å². The van der Waals surface area contributed by atoms with Crippen molar-refractivity contribution in [1.82, 2.24) is 9.99 Å². The number of hydrogen-bond donors (Lipinski definition) is 1. The van der Waals surface area contributed by atoms with Crippen molar-refractivity contribution in [3.05, 3.63) is 119 Å². The second-order valence-electron chi connectivity index (χ2n) is 8.88. The highest BCUT2D eigenvalue weighted by Crippen LogP contribution is 2.29. The Hall–Kier alpha value is -5.15. The molecule has 1 amide bonds. The fourth-order valence-electron chi connectivity index (χ4n) is 4.88. The van der Waals surface area contributed by atoms with E-state index < -0.39 is 5.91 Å². The molecule has 0 aliphatic rings. The largest absolute Gasteiger partial charge is 0.451 e. The van der Waals surface area contributed by atoms with E-state index in [9.17, 15) is 10.1 Å². The number of fused-ring (bicyclic) bond motifs is 4. The lowest BCUT2D eigenvalue weighted by Crippen LogP contribution is -2.16. The van der Waals surface area contributed by atoms with Gasteiger partial charge in [0.25, 0.3) is 0 Å². The molecule has 6 nitrogen and oxygen atoms in total. The van der Waals surface area contributed by atoms with E-state index in [0.717, 1.165) is 43.9 Å². The van der Waals surface area contributed by atoms with Crippen LogP contribution in [0.1, 0.15) is 32.9 Å². The van der Waals surface area contributed by atoms with Crippen LogP contribution in [0.3, 0.4) is 0 Å². The van der Waals surface area contributed by atoms with E-state index in [1.807, 2.05) is 91.9 Å². The Kier molecular flexibility index (Phi) is 5.51.